The predicted molar refractivity (Wildman–Crippen MR) is 163 cm³/mol. The van der Waals surface area contributed by atoms with Gasteiger partial charge in [0.1, 0.15) is 18.4 Å². The molecular formula is C30H52N8O5. The van der Waals surface area contributed by atoms with Crippen molar-refractivity contribution in [1.82, 2.24) is 31.1 Å². The molecule has 4 aliphatic rings. The number of hydrogen-bond donors (Lipinski definition) is 6. The fourth-order valence-electron chi connectivity index (χ4n) is 6.67. The lowest BCUT2D eigenvalue weighted by molar-refractivity contribution is -0.143. The van der Waals surface area contributed by atoms with Gasteiger partial charge in [-0.3, -0.25) is 24.6 Å². The summed E-state index contributed by atoms with van der Waals surface area (Å²) in [4.78, 5) is 69.3. The molecule has 43 heavy (non-hydrogen) atoms. The zero-order valence-electron chi connectivity index (χ0n) is 25.9. The van der Waals surface area contributed by atoms with Crippen molar-refractivity contribution in [1.29, 1.82) is 5.41 Å². The summed E-state index contributed by atoms with van der Waals surface area (Å²) in [5, 5.41) is 18.7. The van der Waals surface area contributed by atoms with Crippen LogP contribution in [0.3, 0.4) is 0 Å². The van der Waals surface area contributed by atoms with E-state index in [1.165, 1.54) is 4.90 Å². The molecule has 7 N–H and O–H groups in total. The van der Waals surface area contributed by atoms with Crippen LogP contribution in [0, 0.1) is 17.2 Å². The normalized spacial score (nSPS) is 24.2. The summed E-state index contributed by atoms with van der Waals surface area (Å²) in [5.41, 5.74) is 5.28. The molecular weight excluding hydrogens is 552 g/mol. The number of hydrogen-bond acceptors (Lipinski definition) is 7. The van der Waals surface area contributed by atoms with Crippen LogP contribution in [0.2, 0.25) is 0 Å². The Morgan fingerprint density at radius 3 is 2.28 bits per heavy atom. The van der Waals surface area contributed by atoms with Gasteiger partial charge in [0.2, 0.25) is 23.6 Å². The highest BCUT2D eigenvalue weighted by molar-refractivity contribution is 5.96. The third-order valence-electron chi connectivity index (χ3n) is 8.99. The van der Waals surface area contributed by atoms with Crippen molar-refractivity contribution in [2.75, 3.05) is 32.7 Å². The predicted octanol–water partition coefficient (Wildman–Crippen LogP) is 0.226. The molecule has 0 radical (unpaired) electrons. The molecule has 4 fully saturated rings. The molecule has 2 unspecified atom stereocenters. The Kier molecular flexibility index (Phi) is 13.7. The standard InChI is InChI=1S/C30H52N8O5/c1-3-7-21(8-4-2)27(41)36-23(17-26(40)35-24-18-37-15-11-20(24)12-16-37)29(43)38-14-6-10-25(38)28(42)34-22(19-39)9-5-13-33-30(31)32/h19-25H,3-18H2,1-2H3,(H,34,42)(H,35,40)(H,36,41)(H4,31,32,33)/t22?,23-,24+,25?/m0/s1. The molecule has 13 nitrogen and oxygen atoms in total. The van der Waals surface area contributed by atoms with Crippen LogP contribution in [0.25, 0.3) is 0 Å². The second-order valence-electron chi connectivity index (χ2n) is 12.3. The highest BCUT2D eigenvalue weighted by Gasteiger charge is 2.40. The maximum absolute atomic E-state index is 14.0. The van der Waals surface area contributed by atoms with E-state index in [1.54, 1.807) is 0 Å². The average Bonchev–Trinajstić information content (AvgIpc) is 3.48. The molecule has 4 aliphatic heterocycles. The highest BCUT2D eigenvalue weighted by Crippen LogP contribution is 2.28. The van der Waals surface area contributed by atoms with Gasteiger partial charge in [0, 0.05) is 31.6 Å². The average molecular weight is 605 g/mol. The first kappa shape index (κ1) is 34.3. The zero-order valence-corrected chi connectivity index (χ0v) is 25.9. The number of rotatable bonds is 17. The number of nitrogens with zero attached hydrogens (tertiary/aromatic N) is 2. The maximum Gasteiger partial charge on any atom is 0.246 e. The number of amides is 4. The van der Waals surface area contributed by atoms with Crippen molar-refractivity contribution < 1.29 is 24.0 Å². The lowest BCUT2D eigenvalue weighted by Gasteiger charge is -2.45. The van der Waals surface area contributed by atoms with Crippen molar-refractivity contribution in [3.05, 3.63) is 0 Å². The molecule has 0 aliphatic carbocycles. The van der Waals surface area contributed by atoms with Crippen LogP contribution in [-0.4, -0.2) is 103 Å². The summed E-state index contributed by atoms with van der Waals surface area (Å²) < 4.78 is 0. The van der Waals surface area contributed by atoms with Gasteiger partial charge in [-0.2, -0.15) is 0 Å². The van der Waals surface area contributed by atoms with E-state index < -0.39 is 29.9 Å². The molecule has 0 spiro atoms. The maximum atomic E-state index is 14.0. The topological polar surface area (TPSA) is 190 Å². The van der Waals surface area contributed by atoms with Gasteiger partial charge in [-0.25, -0.2) is 0 Å². The van der Waals surface area contributed by atoms with Gasteiger partial charge in [0.05, 0.1) is 12.5 Å². The molecule has 0 aromatic rings. The molecule has 0 aromatic carbocycles. The quantitative estimate of drug-likeness (QED) is 0.0588. The van der Waals surface area contributed by atoms with Crippen LogP contribution in [0.4, 0.5) is 0 Å². The molecule has 4 heterocycles. The lowest BCUT2D eigenvalue weighted by Crippen LogP contribution is -2.59. The largest absolute Gasteiger partial charge is 0.370 e. The Balaban J connectivity index is 1.68. The number of fused-ring (bicyclic) bond motifs is 3. The Morgan fingerprint density at radius 2 is 1.70 bits per heavy atom. The second kappa shape index (κ2) is 17.2. The molecule has 4 atom stereocenters. The first-order chi connectivity index (χ1) is 20.7. The van der Waals surface area contributed by atoms with Gasteiger partial charge < -0.3 is 41.6 Å². The molecule has 0 aromatic heterocycles. The molecule has 0 saturated carbocycles. The van der Waals surface area contributed by atoms with E-state index in [0.717, 1.165) is 45.3 Å². The van der Waals surface area contributed by atoms with Gasteiger partial charge in [-0.1, -0.05) is 26.7 Å². The van der Waals surface area contributed by atoms with E-state index in [4.69, 9.17) is 11.1 Å². The minimum absolute atomic E-state index is 0.0330. The fraction of sp³-hybridized carbons (Fsp3) is 0.800. The van der Waals surface area contributed by atoms with Crippen molar-refractivity contribution in [3.8, 4) is 0 Å². The van der Waals surface area contributed by atoms with E-state index in [2.05, 4.69) is 26.2 Å². The summed E-state index contributed by atoms with van der Waals surface area (Å²) in [6.07, 6.45) is 7.47. The van der Waals surface area contributed by atoms with E-state index in [1.807, 2.05) is 13.8 Å². The number of carbonyl (C=O) groups excluding carboxylic acids is 5. The summed E-state index contributed by atoms with van der Waals surface area (Å²) in [5.74, 6) is -1.39. The van der Waals surface area contributed by atoms with E-state index in [-0.39, 0.29) is 36.2 Å². The number of nitrogens with one attached hydrogen (secondary N) is 5. The van der Waals surface area contributed by atoms with Crippen LogP contribution in [-0.2, 0) is 24.0 Å². The second-order valence-corrected chi connectivity index (χ2v) is 12.3. The van der Waals surface area contributed by atoms with Crippen molar-refractivity contribution >= 4 is 35.9 Å². The Morgan fingerprint density at radius 1 is 1.00 bits per heavy atom. The number of aldehydes is 1. The minimum Gasteiger partial charge on any atom is -0.370 e. The number of carbonyl (C=O) groups is 5. The van der Waals surface area contributed by atoms with E-state index >= 15 is 0 Å². The molecule has 4 saturated heterocycles. The van der Waals surface area contributed by atoms with Crippen LogP contribution in [0.1, 0.15) is 84.5 Å². The fourth-order valence-corrected chi connectivity index (χ4v) is 6.67. The van der Waals surface area contributed by atoms with Crippen molar-refractivity contribution in [3.63, 3.8) is 0 Å². The summed E-state index contributed by atoms with van der Waals surface area (Å²) in [7, 11) is 0. The van der Waals surface area contributed by atoms with Gasteiger partial charge in [-0.15, -0.1) is 0 Å². The molecule has 242 valence electrons. The summed E-state index contributed by atoms with van der Waals surface area (Å²) in [6.45, 7) is 7.63. The monoisotopic (exact) mass is 604 g/mol. The van der Waals surface area contributed by atoms with Crippen molar-refractivity contribution in [2.45, 2.75) is 109 Å². The minimum atomic E-state index is -1.09. The first-order valence-electron chi connectivity index (χ1n) is 16.1. The Hall–Kier alpha value is -3.22. The van der Waals surface area contributed by atoms with Gasteiger partial charge in [0.25, 0.3) is 0 Å². The van der Waals surface area contributed by atoms with Gasteiger partial charge >= 0.3 is 0 Å². The van der Waals surface area contributed by atoms with E-state index in [9.17, 15) is 24.0 Å². The van der Waals surface area contributed by atoms with Crippen LogP contribution >= 0.6 is 0 Å². The van der Waals surface area contributed by atoms with Crippen LogP contribution in [0.5, 0.6) is 0 Å². The Bertz CT molecular complexity index is 980. The van der Waals surface area contributed by atoms with Crippen molar-refractivity contribution in [2.24, 2.45) is 17.6 Å². The SMILES string of the molecule is CCCC(CCC)C(=O)N[C@@H](CC(=O)N[C@@H]1CN2CCC1CC2)C(=O)N1CCCC1C(=O)NC(C=O)CCCNC(=N)N. The molecule has 13 heteroatoms. The number of likely N-dealkylation sites (tertiary alicyclic amines) is 1. The molecule has 4 rings (SSSR count). The first-order valence-corrected chi connectivity index (χ1v) is 16.1. The summed E-state index contributed by atoms with van der Waals surface area (Å²) >= 11 is 0. The number of nitrogens with two attached hydrogens (primary N) is 1. The van der Waals surface area contributed by atoms with Gasteiger partial charge in [0.15, 0.2) is 5.96 Å². The molecule has 4 amide bonds. The molecule has 2 bridgehead atoms. The van der Waals surface area contributed by atoms with Gasteiger partial charge in [-0.05, 0) is 70.4 Å². The number of guanidine groups is 1. The highest BCUT2D eigenvalue weighted by atomic mass is 16.2. The van der Waals surface area contributed by atoms with E-state index in [0.29, 0.717) is 63.8 Å². The Labute approximate surface area is 255 Å². The zero-order chi connectivity index (χ0) is 31.4. The third-order valence-corrected chi connectivity index (χ3v) is 8.99. The lowest BCUT2D eigenvalue weighted by atomic mass is 9.84. The smallest absolute Gasteiger partial charge is 0.246 e. The van der Waals surface area contributed by atoms with Crippen LogP contribution in [0.15, 0.2) is 0 Å². The third kappa shape index (κ3) is 10.2. The number of piperidine rings is 3. The van der Waals surface area contributed by atoms with Crippen LogP contribution < -0.4 is 27.0 Å². The summed E-state index contributed by atoms with van der Waals surface area (Å²) in [6, 6.07) is -2.59.